The van der Waals surface area contributed by atoms with E-state index >= 15 is 0 Å². The third-order valence-electron chi connectivity index (χ3n) is 4.64. The predicted octanol–water partition coefficient (Wildman–Crippen LogP) is 5.34. The molecule has 9 heteroatoms. The second kappa shape index (κ2) is 11.4. The summed E-state index contributed by atoms with van der Waals surface area (Å²) >= 11 is 3.50. The molecule has 3 rings (SSSR count). The maximum atomic E-state index is 13.9. The number of hydrogen-bond donors (Lipinski definition) is 1. The van der Waals surface area contributed by atoms with E-state index in [1.54, 1.807) is 49.7 Å². The van der Waals surface area contributed by atoms with Gasteiger partial charge in [-0.1, -0.05) is 18.2 Å². The molecule has 0 bridgehead atoms. The average Bonchev–Trinajstić information content (AvgIpc) is 2.80. The van der Waals surface area contributed by atoms with E-state index in [4.69, 9.17) is 14.2 Å². The number of nitrogens with one attached hydrogen (secondary N) is 1. The van der Waals surface area contributed by atoms with Gasteiger partial charge in [0, 0.05) is 34.0 Å². The van der Waals surface area contributed by atoms with Crippen molar-refractivity contribution >= 4 is 28.0 Å². The van der Waals surface area contributed by atoms with Crippen molar-refractivity contribution in [3.8, 4) is 17.6 Å². The topological polar surface area (TPSA) is 88.8 Å². The second-order valence-electron chi connectivity index (χ2n) is 6.97. The summed E-state index contributed by atoms with van der Waals surface area (Å²) in [5.74, 6) is 0.924. The standard InChI is InChI=1S/C24H22BrFN4O3/c1-15-8-18(13-31-2)19(11-27)24(29-15)30-28-12-17-9-22(32-3)23(10-20(17)25)33-14-16-6-4-5-7-21(16)26/h4-10,12H,13-14H2,1-3H3,(H,29,30)/b28-12-. The molecule has 3 aromatic rings. The van der Waals surface area contributed by atoms with Crippen molar-refractivity contribution in [2.75, 3.05) is 19.6 Å². The molecule has 0 saturated carbocycles. The molecule has 0 fully saturated rings. The van der Waals surface area contributed by atoms with Gasteiger partial charge in [-0.2, -0.15) is 10.4 Å². The third kappa shape index (κ3) is 6.06. The SMILES string of the molecule is COCc1cc(C)nc(N/N=C\c2cc(OC)c(OCc3ccccc3F)cc2Br)c1C#N. The minimum Gasteiger partial charge on any atom is -0.493 e. The first-order valence-corrected chi connectivity index (χ1v) is 10.7. The van der Waals surface area contributed by atoms with Crippen LogP contribution in [0.3, 0.4) is 0 Å². The molecule has 0 atom stereocenters. The van der Waals surface area contributed by atoms with Crippen molar-refractivity contribution in [2.24, 2.45) is 5.10 Å². The first-order chi connectivity index (χ1) is 16.0. The van der Waals surface area contributed by atoms with E-state index in [-0.39, 0.29) is 12.4 Å². The Kier molecular flexibility index (Phi) is 8.35. The molecule has 0 amide bonds. The molecular weight excluding hydrogens is 491 g/mol. The van der Waals surface area contributed by atoms with Crippen LogP contribution in [0.2, 0.25) is 0 Å². The molecule has 0 aliphatic heterocycles. The monoisotopic (exact) mass is 512 g/mol. The lowest BCUT2D eigenvalue weighted by atomic mass is 10.1. The molecule has 1 N–H and O–H groups in total. The number of anilines is 1. The van der Waals surface area contributed by atoms with Gasteiger partial charge in [0.1, 0.15) is 24.1 Å². The number of hydrazone groups is 1. The lowest BCUT2D eigenvalue weighted by Crippen LogP contribution is -2.04. The van der Waals surface area contributed by atoms with Crippen molar-refractivity contribution in [3.05, 3.63) is 80.7 Å². The number of halogens is 2. The first-order valence-electron chi connectivity index (χ1n) is 9.89. The van der Waals surface area contributed by atoms with Crippen molar-refractivity contribution in [1.29, 1.82) is 5.26 Å². The fraction of sp³-hybridized carbons (Fsp3) is 0.208. The Labute approximate surface area is 200 Å². The number of aryl methyl sites for hydroxylation is 1. The van der Waals surface area contributed by atoms with Crippen LogP contribution in [0.4, 0.5) is 10.2 Å². The zero-order chi connectivity index (χ0) is 23.8. The van der Waals surface area contributed by atoms with Crippen LogP contribution < -0.4 is 14.9 Å². The van der Waals surface area contributed by atoms with Crippen LogP contribution in [-0.4, -0.2) is 25.4 Å². The van der Waals surface area contributed by atoms with Crippen LogP contribution >= 0.6 is 15.9 Å². The molecule has 0 unspecified atom stereocenters. The maximum absolute atomic E-state index is 13.9. The molecule has 1 aromatic heterocycles. The van der Waals surface area contributed by atoms with E-state index in [2.05, 4.69) is 37.5 Å². The second-order valence-corrected chi connectivity index (χ2v) is 7.82. The number of benzene rings is 2. The Morgan fingerprint density at radius 2 is 1.94 bits per heavy atom. The van der Waals surface area contributed by atoms with Crippen LogP contribution in [0.1, 0.15) is 27.9 Å². The number of ether oxygens (including phenoxy) is 3. The van der Waals surface area contributed by atoms with Crippen LogP contribution in [0.25, 0.3) is 0 Å². The predicted molar refractivity (Wildman–Crippen MR) is 127 cm³/mol. The highest BCUT2D eigenvalue weighted by Gasteiger charge is 2.13. The fourth-order valence-corrected chi connectivity index (χ4v) is 3.50. The molecule has 2 aromatic carbocycles. The fourth-order valence-electron chi connectivity index (χ4n) is 3.07. The summed E-state index contributed by atoms with van der Waals surface area (Å²) in [4.78, 5) is 4.36. The molecule has 0 aliphatic rings. The summed E-state index contributed by atoms with van der Waals surface area (Å²) in [6, 6.07) is 13.8. The number of nitrogens with zero attached hydrogens (tertiary/aromatic N) is 3. The Morgan fingerprint density at radius 1 is 1.15 bits per heavy atom. The summed E-state index contributed by atoms with van der Waals surface area (Å²) < 4.78 is 30.9. The van der Waals surface area contributed by atoms with Gasteiger partial charge in [-0.05, 0) is 47.1 Å². The van der Waals surface area contributed by atoms with Crippen LogP contribution in [-0.2, 0) is 18.0 Å². The van der Waals surface area contributed by atoms with E-state index in [9.17, 15) is 9.65 Å². The highest BCUT2D eigenvalue weighted by atomic mass is 79.9. The number of hydrogen-bond acceptors (Lipinski definition) is 7. The molecule has 33 heavy (non-hydrogen) atoms. The highest BCUT2D eigenvalue weighted by molar-refractivity contribution is 9.10. The normalized spacial score (nSPS) is 10.8. The van der Waals surface area contributed by atoms with Gasteiger partial charge < -0.3 is 14.2 Å². The van der Waals surface area contributed by atoms with Crippen molar-refractivity contribution in [1.82, 2.24) is 4.98 Å². The van der Waals surface area contributed by atoms with Gasteiger partial charge in [0.05, 0.1) is 19.9 Å². The van der Waals surface area contributed by atoms with Gasteiger partial charge >= 0.3 is 0 Å². The summed E-state index contributed by atoms with van der Waals surface area (Å²) in [6.07, 6.45) is 1.56. The number of nitriles is 1. The van der Waals surface area contributed by atoms with Crippen molar-refractivity contribution in [2.45, 2.75) is 20.1 Å². The van der Waals surface area contributed by atoms with Crippen molar-refractivity contribution in [3.63, 3.8) is 0 Å². The smallest absolute Gasteiger partial charge is 0.164 e. The Bertz CT molecular complexity index is 1210. The van der Waals surface area contributed by atoms with E-state index in [0.29, 0.717) is 45.1 Å². The quantitative estimate of drug-likeness (QED) is 0.307. The molecule has 7 nitrogen and oxygen atoms in total. The first kappa shape index (κ1) is 24.2. The largest absolute Gasteiger partial charge is 0.493 e. The minimum atomic E-state index is -0.333. The van der Waals surface area contributed by atoms with Crippen molar-refractivity contribution < 1.29 is 18.6 Å². The number of pyridine rings is 1. The molecule has 0 saturated heterocycles. The van der Waals surface area contributed by atoms with Crippen LogP contribution in [0.15, 0.2) is 52.0 Å². The highest BCUT2D eigenvalue weighted by Crippen LogP contribution is 2.33. The van der Waals surface area contributed by atoms with Gasteiger partial charge in [-0.25, -0.2) is 9.37 Å². The molecular formula is C24H22BrFN4O3. The zero-order valence-corrected chi connectivity index (χ0v) is 19.9. The summed E-state index contributed by atoms with van der Waals surface area (Å²) in [5.41, 5.74) is 5.80. The van der Waals surface area contributed by atoms with Crippen LogP contribution in [0, 0.1) is 24.1 Å². The Morgan fingerprint density at radius 3 is 2.64 bits per heavy atom. The van der Waals surface area contributed by atoms with Gasteiger partial charge in [-0.15, -0.1) is 0 Å². The lowest BCUT2D eigenvalue weighted by Gasteiger charge is -2.13. The number of rotatable bonds is 9. The molecule has 0 radical (unpaired) electrons. The lowest BCUT2D eigenvalue weighted by molar-refractivity contribution is 0.184. The van der Waals surface area contributed by atoms with E-state index in [1.165, 1.54) is 13.2 Å². The van der Waals surface area contributed by atoms with E-state index in [0.717, 1.165) is 11.3 Å². The van der Waals surface area contributed by atoms with Gasteiger partial charge in [0.25, 0.3) is 0 Å². The maximum Gasteiger partial charge on any atom is 0.164 e. The van der Waals surface area contributed by atoms with E-state index in [1.807, 2.05) is 6.92 Å². The number of aromatic nitrogens is 1. The number of methoxy groups -OCH3 is 2. The summed E-state index contributed by atoms with van der Waals surface area (Å²) in [5, 5.41) is 13.8. The van der Waals surface area contributed by atoms with Gasteiger partial charge in [-0.3, -0.25) is 5.43 Å². The van der Waals surface area contributed by atoms with Gasteiger partial charge in [0.2, 0.25) is 0 Å². The molecule has 0 aliphatic carbocycles. The van der Waals surface area contributed by atoms with Crippen LogP contribution in [0.5, 0.6) is 11.5 Å². The Balaban J connectivity index is 1.79. The minimum absolute atomic E-state index is 0.0598. The zero-order valence-electron chi connectivity index (χ0n) is 18.4. The molecule has 1 heterocycles. The van der Waals surface area contributed by atoms with E-state index < -0.39 is 0 Å². The third-order valence-corrected chi connectivity index (χ3v) is 5.33. The van der Waals surface area contributed by atoms with Gasteiger partial charge in [0.15, 0.2) is 17.3 Å². The molecule has 0 spiro atoms. The molecule has 170 valence electrons. The Hall–Kier alpha value is -3.48. The average molecular weight is 513 g/mol. The summed E-state index contributed by atoms with van der Waals surface area (Å²) in [6.45, 7) is 2.18. The summed E-state index contributed by atoms with van der Waals surface area (Å²) in [7, 11) is 3.09.